The molecule has 0 radical (unpaired) electrons. The number of nitrogens with two attached hydrogens (primary N) is 1. The first kappa shape index (κ1) is 8.04. The molecule has 4 nitrogen and oxygen atoms in total. The lowest BCUT2D eigenvalue weighted by molar-refractivity contribution is 0.716. The first-order valence-corrected chi connectivity index (χ1v) is 3.89. The van der Waals surface area contributed by atoms with Crippen molar-refractivity contribution in [3.63, 3.8) is 0 Å². The van der Waals surface area contributed by atoms with Crippen molar-refractivity contribution in [1.82, 2.24) is 15.0 Å². The van der Waals surface area contributed by atoms with Crippen molar-refractivity contribution in [1.29, 1.82) is 0 Å². The van der Waals surface area contributed by atoms with Crippen LogP contribution < -0.4 is 5.73 Å². The zero-order valence-corrected chi connectivity index (χ0v) is 7.04. The molecule has 0 unspecified atom stereocenters. The molecule has 1 aromatic rings. The lowest BCUT2D eigenvalue weighted by atomic mass is 10.2. The highest BCUT2D eigenvalue weighted by Crippen LogP contribution is 2.08. The van der Waals surface area contributed by atoms with Crippen LogP contribution in [-0.4, -0.2) is 15.0 Å². The summed E-state index contributed by atoms with van der Waals surface area (Å²) in [6.45, 7) is 2.15. The van der Waals surface area contributed by atoms with Crippen LogP contribution in [-0.2, 0) is 13.5 Å². The monoisotopic (exact) mass is 154 g/mol. The van der Waals surface area contributed by atoms with Crippen LogP contribution in [0.1, 0.15) is 25.5 Å². The van der Waals surface area contributed by atoms with E-state index >= 15 is 0 Å². The number of nitrogen functional groups attached to an aromatic ring is 1. The van der Waals surface area contributed by atoms with Gasteiger partial charge in [-0.1, -0.05) is 18.6 Å². The van der Waals surface area contributed by atoms with Crippen LogP contribution in [0.2, 0.25) is 0 Å². The van der Waals surface area contributed by atoms with Crippen molar-refractivity contribution in [2.24, 2.45) is 7.05 Å². The molecule has 0 aliphatic heterocycles. The third-order valence-corrected chi connectivity index (χ3v) is 1.71. The summed E-state index contributed by atoms with van der Waals surface area (Å²) in [5.74, 6) is 0.693. The van der Waals surface area contributed by atoms with Gasteiger partial charge in [0.25, 0.3) is 0 Å². The topological polar surface area (TPSA) is 56.7 Å². The SMILES string of the molecule is CCCCc1nnn(C)c1N. The highest BCUT2D eigenvalue weighted by molar-refractivity contribution is 5.33. The third-order valence-electron chi connectivity index (χ3n) is 1.71. The van der Waals surface area contributed by atoms with Gasteiger partial charge in [-0.15, -0.1) is 5.10 Å². The number of aromatic nitrogens is 3. The molecule has 0 amide bonds. The molecule has 0 saturated carbocycles. The van der Waals surface area contributed by atoms with Crippen LogP contribution in [0.25, 0.3) is 0 Å². The van der Waals surface area contributed by atoms with Crippen molar-refractivity contribution in [2.45, 2.75) is 26.2 Å². The smallest absolute Gasteiger partial charge is 0.145 e. The Kier molecular flexibility index (Phi) is 2.46. The van der Waals surface area contributed by atoms with Crippen molar-refractivity contribution < 1.29 is 0 Å². The molecule has 0 bridgehead atoms. The van der Waals surface area contributed by atoms with Gasteiger partial charge in [0.15, 0.2) is 0 Å². The number of hydrogen-bond acceptors (Lipinski definition) is 3. The van der Waals surface area contributed by atoms with Gasteiger partial charge in [0.1, 0.15) is 11.5 Å². The van der Waals surface area contributed by atoms with E-state index in [0.717, 1.165) is 25.0 Å². The molecule has 11 heavy (non-hydrogen) atoms. The van der Waals surface area contributed by atoms with Gasteiger partial charge in [0.05, 0.1) is 0 Å². The van der Waals surface area contributed by atoms with E-state index in [2.05, 4.69) is 17.2 Å². The quantitative estimate of drug-likeness (QED) is 0.698. The zero-order valence-electron chi connectivity index (χ0n) is 7.04. The van der Waals surface area contributed by atoms with E-state index in [1.54, 1.807) is 11.7 Å². The molecule has 0 fully saturated rings. The molecular weight excluding hydrogens is 140 g/mol. The summed E-state index contributed by atoms with van der Waals surface area (Å²) in [7, 11) is 1.80. The van der Waals surface area contributed by atoms with Crippen molar-refractivity contribution in [3.05, 3.63) is 5.69 Å². The molecule has 0 spiro atoms. The normalized spacial score (nSPS) is 10.4. The number of rotatable bonds is 3. The first-order valence-electron chi connectivity index (χ1n) is 3.89. The molecule has 0 aliphatic carbocycles. The van der Waals surface area contributed by atoms with E-state index < -0.39 is 0 Å². The Hall–Kier alpha value is -1.06. The zero-order chi connectivity index (χ0) is 8.27. The van der Waals surface area contributed by atoms with E-state index in [4.69, 9.17) is 5.73 Å². The average Bonchev–Trinajstić information content (AvgIpc) is 2.31. The molecule has 4 heteroatoms. The van der Waals surface area contributed by atoms with E-state index in [-0.39, 0.29) is 0 Å². The van der Waals surface area contributed by atoms with Crippen LogP contribution in [0.5, 0.6) is 0 Å². The molecule has 62 valence electrons. The Balaban J connectivity index is 2.63. The predicted octanol–water partition coefficient (Wildman–Crippen LogP) is 0.740. The standard InChI is InChI=1S/C7H14N4/c1-3-4-5-6-7(8)11(2)10-9-6/h3-5,8H2,1-2H3. The van der Waals surface area contributed by atoms with Gasteiger partial charge in [0, 0.05) is 7.05 Å². The summed E-state index contributed by atoms with van der Waals surface area (Å²) < 4.78 is 1.60. The first-order chi connectivity index (χ1) is 5.25. The van der Waals surface area contributed by atoms with Crippen LogP contribution in [0.15, 0.2) is 0 Å². The maximum atomic E-state index is 5.68. The van der Waals surface area contributed by atoms with E-state index in [1.165, 1.54) is 0 Å². The minimum Gasteiger partial charge on any atom is -0.382 e. The number of nitrogens with zero attached hydrogens (tertiary/aromatic N) is 3. The highest BCUT2D eigenvalue weighted by atomic mass is 15.4. The summed E-state index contributed by atoms with van der Waals surface area (Å²) in [5.41, 5.74) is 6.61. The van der Waals surface area contributed by atoms with Gasteiger partial charge in [-0.05, 0) is 12.8 Å². The predicted molar refractivity (Wildman–Crippen MR) is 44.0 cm³/mol. The third kappa shape index (κ3) is 1.69. The second-order valence-electron chi connectivity index (χ2n) is 2.65. The van der Waals surface area contributed by atoms with Crippen LogP contribution in [0, 0.1) is 0 Å². The number of unbranched alkanes of at least 4 members (excludes halogenated alkanes) is 1. The summed E-state index contributed by atoms with van der Waals surface area (Å²) in [6, 6.07) is 0. The minimum atomic E-state index is 0.693. The van der Waals surface area contributed by atoms with Gasteiger partial charge >= 0.3 is 0 Å². The molecule has 0 aliphatic rings. The van der Waals surface area contributed by atoms with Crippen molar-refractivity contribution in [3.8, 4) is 0 Å². The molecule has 2 N–H and O–H groups in total. The number of aryl methyl sites for hydroxylation is 2. The largest absolute Gasteiger partial charge is 0.382 e. The fraction of sp³-hybridized carbons (Fsp3) is 0.714. The van der Waals surface area contributed by atoms with Gasteiger partial charge < -0.3 is 5.73 Å². The van der Waals surface area contributed by atoms with E-state index in [9.17, 15) is 0 Å². The summed E-state index contributed by atoms with van der Waals surface area (Å²) in [6.07, 6.45) is 3.23. The van der Waals surface area contributed by atoms with Crippen molar-refractivity contribution in [2.75, 3.05) is 5.73 Å². The van der Waals surface area contributed by atoms with Crippen LogP contribution in [0.3, 0.4) is 0 Å². The molecule has 1 rings (SSSR count). The van der Waals surface area contributed by atoms with Crippen LogP contribution in [0.4, 0.5) is 5.82 Å². The average molecular weight is 154 g/mol. The Bertz CT molecular complexity index is 228. The maximum Gasteiger partial charge on any atom is 0.145 e. The lowest BCUT2D eigenvalue weighted by Crippen LogP contribution is -1.99. The molecule has 1 heterocycles. The van der Waals surface area contributed by atoms with E-state index in [0.29, 0.717) is 5.82 Å². The van der Waals surface area contributed by atoms with E-state index in [1.807, 2.05) is 0 Å². The summed E-state index contributed by atoms with van der Waals surface area (Å²) in [5, 5.41) is 7.75. The van der Waals surface area contributed by atoms with Gasteiger partial charge in [-0.2, -0.15) is 0 Å². The molecule has 0 saturated heterocycles. The number of hydrogen-bond donors (Lipinski definition) is 1. The molecule has 0 aromatic carbocycles. The molecular formula is C7H14N4. The second-order valence-corrected chi connectivity index (χ2v) is 2.65. The Morgan fingerprint density at radius 2 is 2.27 bits per heavy atom. The molecule has 0 atom stereocenters. The maximum absolute atomic E-state index is 5.68. The number of anilines is 1. The summed E-state index contributed by atoms with van der Waals surface area (Å²) >= 11 is 0. The van der Waals surface area contributed by atoms with Crippen molar-refractivity contribution >= 4 is 5.82 Å². The lowest BCUT2D eigenvalue weighted by Gasteiger charge is -1.95. The van der Waals surface area contributed by atoms with Gasteiger partial charge in [-0.25, -0.2) is 4.68 Å². The van der Waals surface area contributed by atoms with Gasteiger partial charge in [0.2, 0.25) is 0 Å². The molecule has 1 aromatic heterocycles. The van der Waals surface area contributed by atoms with Crippen LogP contribution >= 0.6 is 0 Å². The fourth-order valence-electron chi connectivity index (χ4n) is 0.930. The Morgan fingerprint density at radius 1 is 1.55 bits per heavy atom. The summed E-state index contributed by atoms with van der Waals surface area (Å²) in [4.78, 5) is 0. The fourth-order valence-corrected chi connectivity index (χ4v) is 0.930. The highest BCUT2D eigenvalue weighted by Gasteiger charge is 2.04. The Morgan fingerprint density at radius 3 is 2.73 bits per heavy atom. The second kappa shape index (κ2) is 3.37. The Labute approximate surface area is 66.4 Å². The minimum absolute atomic E-state index is 0.693. The van der Waals surface area contributed by atoms with Gasteiger partial charge in [-0.3, -0.25) is 0 Å².